The van der Waals surface area contributed by atoms with Gasteiger partial charge in [-0.2, -0.15) is 5.10 Å². The average Bonchev–Trinajstić information content (AvgIpc) is 3.02. The highest BCUT2D eigenvalue weighted by molar-refractivity contribution is 5.85. The lowest BCUT2D eigenvalue weighted by atomic mass is 9.79. The van der Waals surface area contributed by atoms with Gasteiger partial charge in [0.05, 0.1) is 18.3 Å². The van der Waals surface area contributed by atoms with Gasteiger partial charge in [0.15, 0.2) is 0 Å². The van der Waals surface area contributed by atoms with Crippen molar-refractivity contribution in [2.45, 2.75) is 59.2 Å². The Morgan fingerprint density at radius 1 is 1.29 bits per heavy atom. The van der Waals surface area contributed by atoms with Crippen LogP contribution in [0.2, 0.25) is 0 Å². The minimum atomic E-state index is -0.0601. The lowest BCUT2D eigenvalue weighted by molar-refractivity contribution is 0.0899. The molecule has 1 aliphatic heterocycles. The highest BCUT2D eigenvalue weighted by Crippen LogP contribution is 2.32. The summed E-state index contributed by atoms with van der Waals surface area (Å²) in [5, 5.41) is 4.95. The van der Waals surface area contributed by atoms with Gasteiger partial charge in [-0.15, -0.1) is 12.4 Å². The first-order chi connectivity index (χ1) is 12.6. The zero-order valence-corrected chi connectivity index (χ0v) is 18.8. The number of hydrogen-bond acceptors (Lipinski definition) is 4. The average molecular weight is 407 g/mol. The number of piperidine rings is 1. The summed E-state index contributed by atoms with van der Waals surface area (Å²) in [5.74, 6) is 0.855. The van der Waals surface area contributed by atoms with Crippen LogP contribution in [0.25, 0.3) is 11.3 Å². The molecule has 2 aromatic rings. The number of nitrogens with zero attached hydrogens (tertiary/aromatic N) is 3. The molecule has 1 unspecified atom stereocenters. The van der Waals surface area contributed by atoms with Gasteiger partial charge in [0.25, 0.3) is 0 Å². The molecule has 5 nitrogen and oxygen atoms in total. The number of nitrogens with two attached hydrogens (primary N) is 1. The van der Waals surface area contributed by atoms with Crippen LogP contribution in [0.5, 0.6) is 5.75 Å². The molecule has 1 saturated heterocycles. The molecular weight excluding hydrogens is 372 g/mol. The molecule has 1 aromatic carbocycles. The maximum atomic E-state index is 6.33. The fraction of sp³-hybridized carbons (Fsp3) is 0.591. The smallest absolute Gasteiger partial charge is 0.119 e. The van der Waals surface area contributed by atoms with Gasteiger partial charge in [0.1, 0.15) is 5.75 Å². The minimum Gasteiger partial charge on any atom is -0.497 e. The Hall–Kier alpha value is -1.56. The lowest BCUT2D eigenvalue weighted by Gasteiger charge is -2.42. The second kappa shape index (κ2) is 8.44. The predicted molar refractivity (Wildman–Crippen MR) is 118 cm³/mol. The number of hydrogen-bond donors (Lipinski definition) is 1. The Kier molecular flexibility index (Phi) is 6.85. The SMILES string of the molecule is COc1cccc(-c2nn(C(C)(C)C)cc2CN2CCC(N)C(C)(C)C2)c1.Cl. The van der Waals surface area contributed by atoms with Gasteiger partial charge >= 0.3 is 0 Å². The molecule has 1 aliphatic rings. The Labute approximate surface area is 175 Å². The summed E-state index contributed by atoms with van der Waals surface area (Å²) in [4.78, 5) is 2.51. The molecule has 1 aromatic heterocycles. The van der Waals surface area contributed by atoms with Crippen molar-refractivity contribution in [1.29, 1.82) is 0 Å². The third-order valence-corrected chi connectivity index (χ3v) is 5.61. The van der Waals surface area contributed by atoms with E-state index in [1.165, 1.54) is 5.56 Å². The molecule has 2 N–H and O–H groups in total. The van der Waals surface area contributed by atoms with Crippen LogP contribution in [0.15, 0.2) is 30.5 Å². The summed E-state index contributed by atoms with van der Waals surface area (Å²) in [6.07, 6.45) is 3.24. The normalized spacial score (nSPS) is 19.9. The number of likely N-dealkylation sites (tertiary alicyclic amines) is 1. The first-order valence-electron chi connectivity index (χ1n) is 9.81. The number of benzene rings is 1. The molecule has 2 heterocycles. The van der Waals surface area contributed by atoms with Gasteiger partial charge < -0.3 is 10.5 Å². The van der Waals surface area contributed by atoms with Crippen LogP contribution in [0, 0.1) is 5.41 Å². The summed E-state index contributed by atoms with van der Waals surface area (Å²) in [5.41, 5.74) is 9.79. The first kappa shape index (κ1) is 22.7. The molecule has 0 aliphatic carbocycles. The Morgan fingerprint density at radius 2 is 2.00 bits per heavy atom. The second-order valence-corrected chi connectivity index (χ2v) is 9.44. The van der Waals surface area contributed by atoms with Crippen LogP contribution in [-0.4, -0.2) is 40.9 Å². The van der Waals surface area contributed by atoms with Crippen LogP contribution in [0.4, 0.5) is 0 Å². The number of ether oxygens (including phenoxy) is 1. The Balaban J connectivity index is 0.00000280. The van der Waals surface area contributed by atoms with Crippen molar-refractivity contribution in [1.82, 2.24) is 14.7 Å². The standard InChI is InChI=1S/C22H34N4O.ClH/c1-21(2,3)26-14-17(13-25-11-10-19(23)22(4,5)15-25)20(24-26)16-8-7-9-18(12-16)27-6;/h7-9,12,14,19H,10-11,13,15,23H2,1-6H3;1H. The summed E-state index contributed by atoms with van der Waals surface area (Å²) in [6, 6.07) is 8.44. The van der Waals surface area contributed by atoms with E-state index in [4.69, 9.17) is 15.6 Å². The summed E-state index contributed by atoms with van der Waals surface area (Å²) in [6.45, 7) is 14.0. The van der Waals surface area contributed by atoms with Crippen LogP contribution < -0.4 is 10.5 Å². The van der Waals surface area contributed by atoms with E-state index in [-0.39, 0.29) is 29.4 Å². The zero-order chi connectivity index (χ0) is 19.8. The summed E-state index contributed by atoms with van der Waals surface area (Å²) >= 11 is 0. The molecule has 0 spiro atoms. The van der Waals surface area contributed by atoms with E-state index in [0.29, 0.717) is 0 Å². The maximum absolute atomic E-state index is 6.33. The van der Waals surface area contributed by atoms with E-state index in [9.17, 15) is 0 Å². The second-order valence-electron chi connectivity index (χ2n) is 9.44. The monoisotopic (exact) mass is 406 g/mol. The molecule has 0 radical (unpaired) electrons. The van der Waals surface area contributed by atoms with Crippen LogP contribution >= 0.6 is 12.4 Å². The summed E-state index contributed by atoms with van der Waals surface area (Å²) < 4.78 is 7.50. The van der Waals surface area contributed by atoms with Crippen molar-refractivity contribution in [3.63, 3.8) is 0 Å². The van der Waals surface area contributed by atoms with E-state index in [1.807, 2.05) is 12.1 Å². The highest BCUT2D eigenvalue weighted by Gasteiger charge is 2.34. The molecule has 0 saturated carbocycles. The lowest BCUT2D eigenvalue weighted by Crippen LogP contribution is -2.52. The van der Waals surface area contributed by atoms with Crippen molar-refractivity contribution in [3.8, 4) is 17.0 Å². The van der Waals surface area contributed by atoms with Crippen molar-refractivity contribution in [3.05, 3.63) is 36.0 Å². The Morgan fingerprint density at radius 3 is 2.61 bits per heavy atom. The van der Waals surface area contributed by atoms with E-state index in [1.54, 1.807) is 7.11 Å². The van der Waals surface area contributed by atoms with Crippen LogP contribution in [0.1, 0.15) is 46.6 Å². The van der Waals surface area contributed by atoms with E-state index < -0.39 is 0 Å². The third-order valence-electron chi connectivity index (χ3n) is 5.61. The molecule has 1 atom stereocenters. The van der Waals surface area contributed by atoms with Crippen LogP contribution in [-0.2, 0) is 12.1 Å². The van der Waals surface area contributed by atoms with Gasteiger partial charge in [0.2, 0.25) is 0 Å². The van der Waals surface area contributed by atoms with Gasteiger partial charge in [0, 0.05) is 43.0 Å². The molecule has 0 bridgehead atoms. The highest BCUT2D eigenvalue weighted by atomic mass is 35.5. The van der Waals surface area contributed by atoms with E-state index >= 15 is 0 Å². The van der Waals surface area contributed by atoms with Gasteiger partial charge in [-0.05, 0) is 44.7 Å². The largest absolute Gasteiger partial charge is 0.497 e. The van der Waals surface area contributed by atoms with Gasteiger partial charge in [-0.1, -0.05) is 26.0 Å². The van der Waals surface area contributed by atoms with E-state index in [0.717, 1.165) is 43.1 Å². The summed E-state index contributed by atoms with van der Waals surface area (Å²) in [7, 11) is 1.70. The molecule has 3 rings (SSSR count). The number of halogens is 1. The number of methoxy groups -OCH3 is 1. The molecule has 6 heteroatoms. The number of aromatic nitrogens is 2. The fourth-order valence-corrected chi connectivity index (χ4v) is 3.74. The first-order valence-corrected chi connectivity index (χ1v) is 9.81. The maximum Gasteiger partial charge on any atom is 0.119 e. The fourth-order valence-electron chi connectivity index (χ4n) is 3.74. The minimum absolute atomic E-state index is 0. The molecular formula is C22H35ClN4O. The Bertz CT molecular complexity index is 794. The quantitative estimate of drug-likeness (QED) is 0.822. The van der Waals surface area contributed by atoms with Crippen molar-refractivity contribution >= 4 is 12.4 Å². The van der Waals surface area contributed by atoms with Crippen LogP contribution in [0.3, 0.4) is 0 Å². The molecule has 0 amide bonds. The topological polar surface area (TPSA) is 56.3 Å². The van der Waals surface area contributed by atoms with E-state index in [2.05, 4.69) is 62.5 Å². The molecule has 156 valence electrons. The predicted octanol–water partition coefficient (Wildman–Crippen LogP) is 4.29. The zero-order valence-electron chi connectivity index (χ0n) is 18.0. The molecule has 28 heavy (non-hydrogen) atoms. The van der Waals surface area contributed by atoms with Gasteiger partial charge in [-0.3, -0.25) is 9.58 Å². The van der Waals surface area contributed by atoms with Crippen molar-refractivity contribution < 1.29 is 4.74 Å². The van der Waals surface area contributed by atoms with Crippen molar-refractivity contribution in [2.24, 2.45) is 11.1 Å². The molecule has 1 fully saturated rings. The number of rotatable bonds is 4. The third kappa shape index (κ3) is 4.88. The van der Waals surface area contributed by atoms with Crippen molar-refractivity contribution in [2.75, 3.05) is 20.2 Å². The van der Waals surface area contributed by atoms with Gasteiger partial charge in [-0.25, -0.2) is 0 Å².